The van der Waals surface area contributed by atoms with Gasteiger partial charge in [0, 0.05) is 17.9 Å². The molecule has 0 aromatic heterocycles. The van der Waals surface area contributed by atoms with Crippen LogP contribution in [0.2, 0.25) is 0 Å². The van der Waals surface area contributed by atoms with Crippen molar-refractivity contribution < 1.29 is 14.3 Å². The van der Waals surface area contributed by atoms with Crippen molar-refractivity contribution in [1.82, 2.24) is 5.32 Å². The van der Waals surface area contributed by atoms with Gasteiger partial charge in [0.15, 0.2) is 0 Å². The highest BCUT2D eigenvalue weighted by molar-refractivity contribution is 5.70. The quantitative estimate of drug-likeness (QED) is 0.859. The lowest BCUT2D eigenvalue weighted by atomic mass is 9.93. The molecule has 1 saturated carbocycles. The molecule has 4 heteroatoms. The van der Waals surface area contributed by atoms with E-state index in [1.807, 2.05) is 51.1 Å². The number of carbonyl (C=O) groups excluding carboxylic acids is 2. The summed E-state index contributed by atoms with van der Waals surface area (Å²) in [6.45, 7) is 5.90. The van der Waals surface area contributed by atoms with E-state index in [2.05, 4.69) is 5.32 Å². The van der Waals surface area contributed by atoms with Gasteiger partial charge in [0.05, 0.1) is 0 Å². The molecular weight excluding hydrogens is 254 g/mol. The molecule has 1 amide bonds. The molecule has 1 aliphatic rings. The van der Waals surface area contributed by atoms with E-state index in [0.29, 0.717) is 6.54 Å². The van der Waals surface area contributed by atoms with Crippen LogP contribution in [0.1, 0.15) is 32.8 Å². The van der Waals surface area contributed by atoms with Gasteiger partial charge < -0.3 is 14.8 Å². The summed E-state index contributed by atoms with van der Waals surface area (Å²) in [6.07, 6.45) is 1.31. The zero-order valence-electron chi connectivity index (χ0n) is 12.2. The van der Waals surface area contributed by atoms with E-state index in [9.17, 15) is 9.59 Å². The Hall–Kier alpha value is -1.84. The Kier molecular flexibility index (Phi) is 3.84. The second-order valence-electron chi connectivity index (χ2n) is 6.32. The van der Waals surface area contributed by atoms with Gasteiger partial charge in [0.2, 0.25) is 0 Å². The molecule has 0 aliphatic heterocycles. The van der Waals surface area contributed by atoms with Crippen LogP contribution in [-0.2, 0) is 14.9 Å². The molecule has 4 nitrogen and oxygen atoms in total. The second kappa shape index (κ2) is 5.27. The molecule has 1 fully saturated rings. The summed E-state index contributed by atoms with van der Waals surface area (Å²) in [4.78, 5) is 22.8. The Morgan fingerprint density at radius 1 is 1.40 bits per heavy atom. The zero-order chi connectivity index (χ0) is 14.8. The van der Waals surface area contributed by atoms with E-state index >= 15 is 0 Å². The molecule has 108 valence electrons. The van der Waals surface area contributed by atoms with Gasteiger partial charge in [-0.1, -0.05) is 30.3 Å². The maximum atomic E-state index is 11.7. The normalized spacial score (nSPS) is 24.9. The number of hydrogen-bond acceptors (Lipinski definition) is 3. The van der Waals surface area contributed by atoms with E-state index in [4.69, 9.17) is 4.74 Å². The topological polar surface area (TPSA) is 55.4 Å². The third-order valence-corrected chi connectivity index (χ3v) is 3.59. The number of carbonyl (C=O) groups is 2. The standard InChI is InChI=1S/C16H21NO3/c1-15(2,3)20-14(19)17-11-16(9-13(16)10-18)12-7-5-4-6-8-12/h4-8,10,13H,9,11H2,1-3H3,(H,17,19)/t13-,16?/m0/s1. The van der Waals surface area contributed by atoms with Gasteiger partial charge in [0.25, 0.3) is 0 Å². The summed E-state index contributed by atoms with van der Waals surface area (Å²) < 4.78 is 5.23. The van der Waals surface area contributed by atoms with Crippen LogP contribution in [0, 0.1) is 5.92 Å². The lowest BCUT2D eigenvalue weighted by molar-refractivity contribution is -0.109. The van der Waals surface area contributed by atoms with Crippen molar-refractivity contribution in [3.8, 4) is 0 Å². The molecule has 1 aromatic rings. The molecule has 0 spiro atoms. The summed E-state index contributed by atoms with van der Waals surface area (Å²) in [5.74, 6) is -0.0279. The number of hydrogen-bond donors (Lipinski definition) is 1. The molecule has 0 radical (unpaired) electrons. The number of amides is 1. The molecule has 2 rings (SSSR count). The van der Waals surface area contributed by atoms with Gasteiger partial charge in [-0.25, -0.2) is 4.79 Å². The Labute approximate surface area is 119 Å². The van der Waals surface area contributed by atoms with Crippen LogP contribution in [0.3, 0.4) is 0 Å². The van der Waals surface area contributed by atoms with Crippen LogP contribution in [-0.4, -0.2) is 24.5 Å². The summed E-state index contributed by atoms with van der Waals surface area (Å²) in [5, 5.41) is 2.78. The Morgan fingerprint density at radius 2 is 2.05 bits per heavy atom. The van der Waals surface area contributed by atoms with Gasteiger partial charge >= 0.3 is 6.09 Å². The minimum atomic E-state index is -0.516. The van der Waals surface area contributed by atoms with E-state index in [1.54, 1.807) is 0 Å². The first kappa shape index (κ1) is 14.6. The number of rotatable bonds is 4. The van der Waals surface area contributed by atoms with Crippen molar-refractivity contribution >= 4 is 12.4 Å². The van der Waals surface area contributed by atoms with Gasteiger partial charge in [-0.05, 0) is 32.8 Å². The first-order valence-corrected chi connectivity index (χ1v) is 6.85. The van der Waals surface area contributed by atoms with Crippen molar-refractivity contribution in [3.05, 3.63) is 35.9 Å². The fourth-order valence-corrected chi connectivity index (χ4v) is 2.46. The smallest absolute Gasteiger partial charge is 0.407 e. The van der Waals surface area contributed by atoms with Crippen LogP contribution >= 0.6 is 0 Å². The maximum Gasteiger partial charge on any atom is 0.407 e. The number of alkyl carbamates (subject to hydrolysis) is 1. The molecule has 1 unspecified atom stereocenters. The minimum Gasteiger partial charge on any atom is -0.444 e. The summed E-state index contributed by atoms with van der Waals surface area (Å²) in [6, 6.07) is 9.84. The largest absolute Gasteiger partial charge is 0.444 e. The second-order valence-corrected chi connectivity index (χ2v) is 6.32. The SMILES string of the molecule is CC(C)(C)OC(=O)NCC1(c2ccccc2)C[C@H]1C=O. The third kappa shape index (κ3) is 3.18. The zero-order valence-corrected chi connectivity index (χ0v) is 12.2. The number of ether oxygens (including phenoxy) is 1. The third-order valence-electron chi connectivity index (χ3n) is 3.59. The molecule has 2 atom stereocenters. The van der Waals surface area contributed by atoms with Crippen molar-refractivity contribution in [1.29, 1.82) is 0 Å². The average molecular weight is 275 g/mol. The van der Waals surface area contributed by atoms with Crippen LogP contribution in [0.15, 0.2) is 30.3 Å². The summed E-state index contributed by atoms with van der Waals surface area (Å²) >= 11 is 0. The number of aldehydes is 1. The van der Waals surface area contributed by atoms with Crippen molar-refractivity contribution in [2.45, 2.75) is 38.2 Å². The summed E-state index contributed by atoms with van der Waals surface area (Å²) in [5.41, 5.74) is 0.311. The van der Waals surface area contributed by atoms with Crippen LogP contribution in [0.25, 0.3) is 0 Å². The average Bonchev–Trinajstić information content (AvgIpc) is 3.11. The fraction of sp³-hybridized carbons (Fsp3) is 0.500. The van der Waals surface area contributed by atoms with Gasteiger partial charge in [-0.2, -0.15) is 0 Å². The van der Waals surface area contributed by atoms with Gasteiger partial charge in [-0.3, -0.25) is 0 Å². The highest BCUT2D eigenvalue weighted by Crippen LogP contribution is 2.52. The minimum absolute atomic E-state index is 0.0279. The predicted octanol–water partition coefficient (Wildman–Crippen LogP) is 2.67. The first-order valence-electron chi connectivity index (χ1n) is 6.85. The van der Waals surface area contributed by atoms with E-state index < -0.39 is 11.7 Å². The Morgan fingerprint density at radius 3 is 2.55 bits per heavy atom. The predicted molar refractivity (Wildman–Crippen MR) is 76.5 cm³/mol. The van der Waals surface area contributed by atoms with Crippen LogP contribution in [0.4, 0.5) is 4.79 Å². The van der Waals surface area contributed by atoms with E-state index in [0.717, 1.165) is 18.3 Å². The van der Waals surface area contributed by atoms with E-state index in [1.165, 1.54) is 0 Å². The fourth-order valence-electron chi connectivity index (χ4n) is 2.46. The molecule has 20 heavy (non-hydrogen) atoms. The van der Waals surface area contributed by atoms with E-state index in [-0.39, 0.29) is 11.3 Å². The van der Waals surface area contributed by atoms with Crippen LogP contribution < -0.4 is 5.32 Å². The van der Waals surface area contributed by atoms with Crippen molar-refractivity contribution in [3.63, 3.8) is 0 Å². The van der Waals surface area contributed by atoms with Crippen molar-refractivity contribution in [2.24, 2.45) is 5.92 Å². The molecule has 1 N–H and O–H groups in total. The molecule has 0 bridgehead atoms. The maximum absolute atomic E-state index is 11.7. The van der Waals surface area contributed by atoms with Crippen molar-refractivity contribution in [2.75, 3.05) is 6.54 Å². The number of benzene rings is 1. The lowest BCUT2D eigenvalue weighted by Gasteiger charge is -2.22. The molecule has 0 saturated heterocycles. The highest BCUT2D eigenvalue weighted by atomic mass is 16.6. The molecule has 1 aromatic carbocycles. The number of nitrogens with one attached hydrogen (secondary N) is 1. The molecule has 0 heterocycles. The monoisotopic (exact) mass is 275 g/mol. The highest BCUT2D eigenvalue weighted by Gasteiger charge is 2.55. The molecule has 1 aliphatic carbocycles. The van der Waals surface area contributed by atoms with Gasteiger partial charge in [-0.15, -0.1) is 0 Å². The Bertz CT molecular complexity index is 492. The Balaban J connectivity index is 2.02. The lowest BCUT2D eigenvalue weighted by Crippen LogP contribution is -2.37. The first-order chi connectivity index (χ1) is 9.37. The van der Waals surface area contributed by atoms with Crippen LogP contribution in [0.5, 0.6) is 0 Å². The van der Waals surface area contributed by atoms with Gasteiger partial charge in [0.1, 0.15) is 11.9 Å². The summed E-state index contributed by atoms with van der Waals surface area (Å²) in [7, 11) is 0. The molecular formula is C16H21NO3.